The average Bonchev–Trinajstić information content (AvgIpc) is 2.46. The fourth-order valence-electron chi connectivity index (χ4n) is 2.04. The molecule has 1 aliphatic rings. The van der Waals surface area contributed by atoms with Gasteiger partial charge in [0, 0.05) is 26.2 Å². The highest BCUT2D eigenvalue weighted by atomic mass is 32.2. The van der Waals surface area contributed by atoms with E-state index in [0.717, 1.165) is 13.1 Å². The topological polar surface area (TPSA) is 78.5 Å². The summed E-state index contributed by atoms with van der Waals surface area (Å²) in [4.78, 5) is 13.5. The van der Waals surface area contributed by atoms with Gasteiger partial charge < -0.3 is 10.2 Å². The van der Waals surface area contributed by atoms with Crippen LogP contribution in [0.2, 0.25) is 0 Å². The molecule has 0 spiro atoms. The molecule has 7 heteroatoms. The second-order valence-electron chi connectivity index (χ2n) is 4.70. The van der Waals surface area contributed by atoms with Crippen LogP contribution in [0.4, 0.5) is 0 Å². The number of amides is 1. The first-order valence-corrected chi connectivity index (χ1v) is 8.22. The van der Waals surface area contributed by atoms with Crippen molar-refractivity contribution in [3.63, 3.8) is 0 Å². The maximum atomic E-state index is 11.9. The fourth-order valence-corrected chi connectivity index (χ4v) is 3.12. The minimum atomic E-state index is -3.48. The van der Waals surface area contributed by atoms with E-state index in [1.165, 1.54) is 0 Å². The third-order valence-electron chi connectivity index (χ3n) is 3.11. The first-order valence-electron chi connectivity index (χ1n) is 6.56. The largest absolute Gasteiger partial charge is 0.339 e. The number of piperazine rings is 1. The number of sulfonamides is 1. The van der Waals surface area contributed by atoms with Crippen molar-refractivity contribution in [3.8, 4) is 0 Å². The van der Waals surface area contributed by atoms with Crippen molar-refractivity contribution in [2.75, 3.05) is 32.7 Å². The number of carbonyl (C=O) groups excluding carboxylic acids is 1. The highest BCUT2D eigenvalue weighted by molar-refractivity contribution is 7.88. The normalized spacial score (nSPS) is 16.1. The Morgan fingerprint density at radius 3 is 2.50 bits per heavy atom. The van der Waals surface area contributed by atoms with E-state index in [-0.39, 0.29) is 18.2 Å². The first kappa shape index (κ1) is 15.0. The maximum Gasteiger partial charge on any atom is 0.237 e. The van der Waals surface area contributed by atoms with Gasteiger partial charge in [0.1, 0.15) is 0 Å². The predicted octanol–water partition coefficient (Wildman–Crippen LogP) is -0.462. The van der Waals surface area contributed by atoms with Crippen LogP contribution in [0.15, 0.2) is 30.3 Å². The molecule has 0 radical (unpaired) electrons. The van der Waals surface area contributed by atoms with Crippen molar-refractivity contribution < 1.29 is 13.2 Å². The molecule has 0 aliphatic carbocycles. The minimum absolute atomic E-state index is 0.108. The third-order valence-corrected chi connectivity index (χ3v) is 4.41. The SMILES string of the molecule is O=C(CNS(=O)(=O)Cc1ccccc1)N1CCNCC1. The van der Waals surface area contributed by atoms with Gasteiger partial charge >= 0.3 is 0 Å². The number of nitrogens with zero attached hydrogens (tertiary/aromatic N) is 1. The van der Waals surface area contributed by atoms with Crippen molar-refractivity contribution in [2.24, 2.45) is 0 Å². The van der Waals surface area contributed by atoms with Crippen LogP contribution in [0.25, 0.3) is 0 Å². The molecule has 1 aromatic rings. The van der Waals surface area contributed by atoms with E-state index in [2.05, 4.69) is 10.0 Å². The van der Waals surface area contributed by atoms with E-state index in [1.54, 1.807) is 29.2 Å². The van der Waals surface area contributed by atoms with Crippen LogP contribution in [0.1, 0.15) is 5.56 Å². The van der Waals surface area contributed by atoms with Gasteiger partial charge in [-0.1, -0.05) is 30.3 Å². The predicted molar refractivity (Wildman–Crippen MR) is 76.5 cm³/mol. The summed E-state index contributed by atoms with van der Waals surface area (Å²) < 4.78 is 26.2. The van der Waals surface area contributed by atoms with Crippen molar-refractivity contribution in [1.82, 2.24) is 14.9 Å². The Bertz CT molecular complexity index is 539. The number of hydrogen-bond acceptors (Lipinski definition) is 4. The van der Waals surface area contributed by atoms with Gasteiger partial charge in [0.05, 0.1) is 12.3 Å². The summed E-state index contributed by atoms with van der Waals surface area (Å²) in [5.74, 6) is -0.286. The quantitative estimate of drug-likeness (QED) is 0.771. The van der Waals surface area contributed by atoms with Gasteiger partial charge in [-0.05, 0) is 5.56 Å². The Morgan fingerprint density at radius 1 is 1.20 bits per heavy atom. The van der Waals surface area contributed by atoms with Crippen LogP contribution < -0.4 is 10.0 Å². The summed E-state index contributed by atoms with van der Waals surface area (Å²) in [6, 6.07) is 8.90. The molecular formula is C13H19N3O3S. The molecule has 1 saturated heterocycles. The molecule has 0 saturated carbocycles. The van der Waals surface area contributed by atoms with E-state index in [0.29, 0.717) is 18.7 Å². The molecule has 1 heterocycles. The van der Waals surface area contributed by atoms with Gasteiger partial charge in [-0.2, -0.15) is 0 Å². The van der Waals surface area contributed by atoms with Gasteiger partial charge in [0.15, 0.2) is 0 Å². The summed E-state index contributed by atoms with van der Waals surface area (Å²) in [6.07, 6.45) is 0. The number of nitrogens with one attached hydrogen (secondary N) is 2. The molecule has 0 unspecified atom stereocenters. The fraction of sp³-hybridized carbons (Fsp3) is 0.462. The molecule has 20 heavy (non-hydrogen) atoms. The summed E-state index contributed by atoms with van der Waals surface area (Å²) >= 11 is 0. The zero-order valence-corrected chi connectivity index (χ0v) is 12.0. The lowest BCUT2D eigenvalue weighted by atomic mass is 10.2. The monoisotopic (exact) mass is 297 g/mol. The van der Waals surface area contributed by atoms with Crippen LogP contribution in [-0.4, -0.2) is 51.9 Å². The molecule has 110 valence electrons. The average molecular weight is 297 g/mol. The zero-order chi connectivity index (χ0) is 14.4. The summed E-state index contributed by atoms with van der Waals surface area (Å²) in [5, 5.41) is 3.14. The molecule has 1 aromatic carbocycles. The van der Waals surface area contributed by atoms with E-state index < -0.39 is 10.0 Å². The number of rotatable bonds is 5. The van der Waals surface area contributed by atoms with Crippen LogP contribution >= 0.6 is 0 Å². The number of carbonyl (C=O) groups is 1. The summed E-state index contributed by atoms with van der Waals surface area (Å²) in [6.45, 7) is 2.58. The Labute approximate surface area is 119 Å². The van der Waals surface area contributed by atoms with Crippen molar-refractivity contribution in [2.45, 2.75) is 5.75 Å². The molecule has 2 N–H and O–H groups in total. The first-order chi connectivity index (χ1) is 9.57. The molecule has 1 fully saturated rings. The third kappa shape index (κ3) is 4.59. The van der Waals surface area contributed by atoms with Crippen molar-refractivity contribution >= 4 is 15.9 Å². The Balaban J connectivity index is 1.84. The lowest BCUT2D eigenvalue weighted by molar-refractivity contribution is -0.130. The standard InChI is InChI=1S/C13H19N3O3S/c17-13(16-8-6-14-7-9-16)10-15-20(18,19)11-12-4-2-1-3-5-12/h1-5,14-15H,6-11H2. The number of benzene rings is 1. The Hall–Kier alpha value is -1.44. The van der Waals surface area contributed by atoms with Crippen molar-refractivity contribution in [3.05, 3.63) is 35.9 Å². The summed E-state index contributed by atoms with van der Waals surface area (Å²) in [5.41, 5.74) is 0.703. The lowest BCUT2D eigenvalue weighted by Crippen LogP contribution is -2.49. The second-order valence-corrected chi connectivity index (χ2v) is 6.50. The smallest absolute Gasteiger partial charge is 0.237 e. The molecule has 0 atom stereocenters. The zero-order valence-electron chi connectivity index (χ0n) is 11.2. The van der Waals surface area contributed by atoms with Crippen LogP contribution in [0.5, 0.6) is 0 Å². The Morgan fingerprint density at radius 2 is 1.85 bits per heavy atom. The van der Waals surface area contributed by atoms with E-state index in [1.807, 2.05) is 6.07 Å². The van der Waals surface area contributed by atoms with Crippen LogP contribution in [0, 0.1) is 0 Å². The molecule has 0 bridgehead atoms. The molecule has 1 aliphatic heterocycles. The maximum absolute atomic E-state index is 11.9. The van der Waals surface area contributed by atoms with Gasteiger partial charge in [0.25, 0.3) is 0 Å². The van der Waals surface area contributed by atoms with Gasteiger partial charge in [-0.25, -0.2) is 13.1 Å². The van der Waals surface area contributed by atoms with Crippen LogP contribution in [0.3, 0.4) is 0 Å². The van der Waals surface area contributed by atoms with E-state index in [9.17, 15) is 13.2 Å². The highest BCUT2D eigenvalue weighted by Crippen LogP contribution is 2.04. The molecular weight excluding hydrogens is 278 g/mol. The second kappa shape index (κ2) is 6.83. The van der Waals surface area contributed by atoms with E-state index in [4.69, 9.17) is 0 Å². The molecule has 2 rings (SSSR count). The Kier molecular flexibility index (Phi) is 5.11. The van der Waals surface area contributed by atoms with Gasteiger partial charge in [-0.15, -0.1) is 0 Å². The number of hydrogen-bond donors (Lipinski definition) is 2. The van der Waals surface area contributed by atoms with Gasteiger partial charge in [-0.3, -0.25) is 4.79 Å². The van der Waals surface area contributed by atoms with Gasteiger partial charge in [0.2, 0.25) is 15.9 Å². The molecule has 1 amide bonds. The van der Waals surface area contributed by atoms with Crippen LogP contribution in [-0.2, 0) is 20.6 Å². The highest BCUT2D eigenvalue weighted by Gasteiger charge is 2.19. The minimum Gasteiger partial charge on any atom is -0.339 e. The molecule has 6 nitrogen and oxygen atoms in total. The van der Waals surface area contributed by atoms with E-state index >= 15 is 0 Å². The molecule has 0 aromatic heterocycles. The van der Waals surface area contributed by atoms with Crippen molar-refractivity contribution in [1.29, 1.82) is 0 Å². The summed E-state index contributed by atoms with van der Waals surface area (Å²) in [7, 11) is -3.48. The lowest BCUT2D eigenvalue weighted by Gasteiger charge is -2.27.